The SMILES string of the molecule is NC(CO)CCOc1cccc(Br)c1. The van der Waals surface area contributed by atoms with Crippen LogP contribution in [0.3, 0.4) is 0 Å². The number of aliphatic hydroxyl groups excluding tert-OH is 1. The van der Waals surface area contributed by atoms with Crippen LogP contribution in [-0.4, -0.2) is 24.4 Å². The summed E-state index contributed by atoms with van der Waals surface area (Å²) in [4.78, 5) is 0. The largest absolute Gasteiger partial charge is 0.493 e. The third-order valence-corrected chi connectivity index (χ3v) is 2.28. The highest BCUT2D eigenvalue weighted by molar-refractivity contribution is 9.10. The van der Waals surface area contributed by atoms with Crippen molar-refractivity contribution in [1.29, 1.82) is 0 Å². The Kier molecular flexibility index (Phi) is 4.93. The summed E-state index contributed by atoms with van der Waals surface area (Å²) >= 11 is 3.35. The van der Waals surface area contributed by atoms with E-state index in [9.17, 15) is 0 Å². The van der Waals surface area contributed by atoms with E-state index in [0.29, 0.717) is 13.0 Å². The number of hydrogen-bond acceptors (Lipinski definition) is 3. The van der Waals surface area contributed by atoms with Gasteiger partial charge in [-0.25, -0.2) is 0 Å². The Morgan fingerprint density at radius 1 is 1.50 bits per heavy atom. The van der Waals surface area contributed by atoms with Crippen LogP contribution in [0.4, 0.5) is 0 Å². The molecule has 78 valence electrons. The van der Waals surface area contributed by atoms with E-state index in [0.717, 1.165) is 10.2 Å². The maximum atomic E-state index is 8.69. The van der Waals surface area contributed by atoms with Crippen molar-refractivity contribution in [3.63, 3.8) is 0 Å². The van der Waals surface area contributed by atoms with E-state index in [1.807, 2.05) is 24.3 Å². The molecule has 0 saturated carbocycles. The minimum absolute atomic E-state index is 0.00183. The summed E-state index contributed by atoms with van der Waals surface area (Å²) in [7, 11) is 0. The predicted molar refractivity (Wildman–Crippen MR) is 59.3 cm³/mol. The number of rotatable bonds is 5. The molecular weight excluding hydrogens is 246 g/mol. The number of ether oxygens (including phenoxy) is 1. The second-order valence-electron chi connectivity index (χ2n) is 3.04. The zero-order valence-corrected chi connectivity index (χ0v) is 9.40. The predicted octanol–water partition coefficient (Wildman–Crippen LogP) is 1.54. The molecule has 3 N–H and O–H groups in total. The molecule has 14 heavy (non-hydrogen) atoms. The highest BCUT2D eigenvalue weighted by Crippen LogP contribution is 2.17. The molecule has 0 fully saturated rings. The monoisotopic (exact) mass is 259 g/mol. The maximum Gasteiger partial charge on any atom is 0.120 e. The van der Waals surface area contributed by atoms with Gasteiger partial charge in [0.1, 0.15) is 5.75 Å². The van der Waals surface area contributed by atoms with Gasteiger partial charge in [-0.1, -0.05) is 22.0 Å². The first-order valence-electron chi connectivity index (χ1n) is 4.47. The average Bonchev–Trinajstić information content (AvgIpc) is 2.17. The van der Waals surface area contributed by atoms with Gasteiger partial charge in [-0.2, -0.15) is 0 Å². The van der Waals surface area contributed by atoms with E-state index in [-0.39, 0.29) is 12.6 Å². The molecule has 1 rings (SSSR count). The molecule has 0 aliphatic heterocycles. The van der Waals surface area contributed by atoms with Gasteiger partial charge in [0.25, 0.3) is 0 Å². The lowest BCUT2D eigenvalue weighted by molar-refractivity contribution is 0.230. The lowest BCUT2D eigenvalue weighted by atomic mass is 10.2. The minimum atomic E-state index is -0.192. The van der Waals surface area contributed by atoms with Gasteiger partial charge in [-0.05, 0) is 24.6 Å². The number of aliphatic hydroxyl groups is 1. The highest BCUT2D eigenvalue weighted by atomic mass is 79.9. The first kappa shape index (κ1) is 11.5. The second kappa shape index (κ2) is 6.01. The topological polar surface area (TPSA) is 55.5 Å². The van der Waals surface area contributed by atoms with Crippen molar-refractivity contribution in [2.45, 2.75) is 12.5 Å². The summed E-state index contributed by atoms with van der Waals surface area (Å²) in [6.45, 7) is 0.528. The normalized spacial score (nSPS) is 12.5. The quantitative estimate of drug-likeness (QED) is 0.844. The van der Waals surface area contributed by atoms with E-state index in [1.165, 1.54) is 0 Å². The smallest absolute Gasteiger partial charge is 0.120 e. The molecular formula is C10H14BrNO2. The standard InChI is InChI=1S/C10H14BrNO2/c11-8-2-1-3-10(6-8)14-5-4-9(12)7-13/h1-3,6,9,13H,4-5,7,12H2. The first-order chi connectivity index (χ1) is 6.72. The van der Waals surface area contributed by atoms with Crippen LogP contribution in [0, 0.1) is 0 Å². The Bertz CT molecular complexity index is 281. The van der Waals surface area contributed by atoms with Crippen molar-refractivity contribution >= 4 is 15.9 Å². The second-order valence-corrected chi connectivity index (χ2v) is 3.95. The lowest BCUT2D eigenvalue weighted by Crippen LogP contribution is -2.26. The Labute approximate surface area is 92.0 Å². The molecule has 0 saturated heterocycles. The summed E-state index contributed by atoms with van der Waals surface area (Å²) in [5.41, 5.74) is 5.53. The Hall–Kier alpha value is -0.580. The minimum Gasteiger partial charge on any atom is -0.493 e. The van der Waals surface area contributed by atoms with Gasteiger partial charge in [0.05, 0.1) is 13.2 Å². The van der Waals surface area contributed by atoms with Crippen molar-refractivity contribution < 1.29 is 9.84 Å². The Morgan fingerprint density at radius 2 is 2.29 bits per heavy atom. The van der Waals surface area contributed by atoms with E-state index < -0.39 is 0 Å². The van der Waals surface area contributed by atoms with Crippen LogP contribution in [0.2, 0.25) is 0 Å². The highest BCUT2D eigenvalue weighted by Gasteiger charge is 2.00. The van der Waals surface area contributed by atoms with Gasteiger partial charge in [-0.3, -0.25) is 0 Å². The molecule has 0 amide bonds. The van der Waals surface area contributed by atoms with Crippen molar-refractivity contribution in [2.24, 2.45) is 5.73 Å². The third-order valence-electron chi connectivity index (χ3n) is 1.79. The Balaban J connectivity index is 2.31. The lowest BCUT2D eigenvalue weighted by Gasteiger charge is -2.09. The molecule has 0 bridgehead atoms. The zero-order valence-electron chi connectivity index (χ0n) is 7.82. The number of hydrogen-bond donors (Lipinski definition) is 2. The molecule has 1 aromatic carbocycles. The molecule has 0 aromatic heterocycles. The molecule has 1 atom stereocenters. The first-order valence-corrected chi connectivity index (χ1v) is 5.26. The van der Waals surface area contributed by atoms with Crippen LogP contribution in [0.15, 0.2) is 28.7 Å². The number of benzene rings is 1. The maximum absolute atomic E-state index is 8.69. The van der Waals surface area contributed by atoms with Gasteiger partial charge < -0.3 is 15.6 Å². The van der Waals surface area contributed by atoms with Gasteiger partial charge in [0.2, 0.25) is 0 Å². The van der Waals surface area contributed by atoms with Crippen LogP contribution in [0.25, 0.3) is 0 Å². The van der Waals surface area contributed by atoms with Gasteiger partial charge in [0, 0.05) is 10.5 Å². The molecule has 1 unspecified atom stereocenters. The van der Waals surface area contributed by atoms with Crippen molar-refractivity contribution in [3.8, 4) is 5.75 Å². The summed E-state index contributed by atoms with van der Waals surface area (Å²) in [6, 6.07) is 7.43. The van der Waals surface area contributed by atoms with Crippen LogP contribution < -0.4 is 10.5 Å². The van der Waals surface area contributed by atoms with Crippen LogP contribution in [0.1, 0.15) is 6.42 Å². The van der Waals surface area contributed by atoms with Crippen LogP contribution in [0.5, 0.6) is 5.75 Å². The molecule has 0 aliphatic rings. The summed E-state index contributed by atoms with van der Waals surface area (Å²) in [5, 5.41) is 8.69. The molecule has 1 aromatic rings. The van der Waals surface area contributed by atoms with Crippen LogP contribution in [-0.2, 0) is 0 Å². The molecule has 0 radical (unpaired) electrons. The fourth-order valence-electron chi connectivity index (χ4n) is 0.976. The van der Waals surface area contributed by atoms with E-state index in [4.69, 9.17) is 15.6 Å². The van der Waals surface area contributed by atoms with Crippen molar-refractivity contribution in [3.05, 3.63) is 28.7 Å². The zero-order chi connectivity index (χ0) is 10.4. The Morgan fingerprint density at radius 3 is 2.93 bits per heavy atom. The van der Waals surface area contributed by atoms with E-state index >= 15 is 0 Å². The van der Waals surface area contributed by atoms with Crippen molar-refractivity contribution in [2.75, 3.05) is 13.2 Å². The molecule has 0 heterocycles. The molecule has 0 aliphatic carbocycles. The van der Waals surface area contributed by atoms with E-state index in [1.54, 1.807) is 0 Å². The number of halogens is 1. The fraction of sp³-hybridized carbons (Fsp3) is 0.400. The van der Waals surface area contributed by atoms with Gasteiger partial charge in [0.15, 0.2) is 0 Å². The molecule has 3 nitrogen and oxygen atoms in total. The van der Waals surface area contributed by atoms with Crippen molar-refractivity contribution in [1.82, 2.24) is 0 Å². The third kappa shape index (κ3) is 4.09. The van der Waals surface area contributed by atoms with E-state index in [2.05, 4.69) is 15.9 Å². The molecule has 4 heteroatoms. The fourth-order valence-corrected chi connectivity index (χ4v) is 1.35. The summed E-state index contributed by atoms with van der Waals surface area (Å²) < 4.78 is 6.43. The average molecular weight is 260 g/mol. The van der Waals surface area contributed by atoms with Gasteiger partial charge >= 0.3 is 0 Å². The summed E-state index contributed by atoms with van der Waals surface area (Å²) in [5.74, 6) is 0.810. The van der Waals surface area contributed by atoms with Crippen LogP contribution >= 0.6 is 15.9 Å². The van der Waals surface area contributed by atoms with Gasteiger partial charge in [-0.15, -0.1) is 0 Å². The molecule has 0 spiro atoms. The summed E-state index contributed by atoms with van der Waals surface area (Å²) in [6.07, 6.45) is 0.656. The number of nitrogens with two attached hydrogens (primary N) is 1.